The Morgan fingerprint density at radius 3 is 2.97 bits per heavy atom. The first-order valence-electron chi connectivity index (χ1n) is 9.45. The number of hydrogen-bond donors (Lipinski definition) is 2. The average Bonchev–Trinajstić information content (AvgIpc) is 3.32. The zero-order valence-corrected chi connectivity index (χ0v) is 17.3. The number of nitro benzene ring substituents is 1. The van der Waals surface area contributed by atoms with Crippen molar-refractivity contribution in [1.82, 2.24) is 15.3 Å². The predicted molar refractivity (Wildman–Crippen MR) is 112 cm³/mol. The van der Waals surface area contributed by atoms with Crippen LogP contribution in [0.1, 0.15) is 35.2 Å². The zero-order chi connectivity index (χ0) is 21.5. The van der Waals surface area contributed by atoms with E-state index in [9.17, 15) is 19.7 Å². The smallest absolute Gasteiger partial charge is 0.330 e. The molecule has 156 valence electrons. The first-order valence-corrected chi connectivity index (χ1v) is 10.3. The third-order valence-electron chi connectivity index (χ3n) is 5.46. The number of nitro groups is 1. The fraction of sp³-hybridized carbons (Fsp3) is 0.350. The fourth-order valence-electron chi connectivity index (χ4n) is 3.82. The highest BCUT2D eigenvalue weighted by molar-refractivity contribution is 7.18. The molecule has 2 N–H and O–H groups in total. The van der Waals surface area contributed by atoms with Gasteiger partial charge in [0.05, 0.1) is 24.0 Å². The molecule has 1 aromatic carbocycles. The summed E-state index contributed by atoms with van der Waals surface area (Å²) in [6, 6.07) is 5.80. The second kappa shape index (κ2) is 7.62. The second-order valence-corrected chi connectivity index (χ2v) is 8.41. The van der Waals surface area contributed by atoms with E-state index in [2.05, 4.69) is 15.3 Å². The highest BCUT2D eigenvalue weighted by Gasteiger charge is 2.37. The molecule has 1 atom stereocenters. The monoisotopic (exact) mass is 428 g/mol. The summed E-state index contributed by atoms with van der Waals surface area (Å²) in [5.41, 5.74) is -0.218. The molecule has 0 bridgehead atoms. The summed E-state index contributed by atoms with van der Waals surface area (Å²) < 4.78 is 4.93. The van der Waals surface area contributed by atoms with Crippen LogP contribution in [0.3, 0.4) is 0 Å². The third-order valence-corrected chi connectivity index (χ3v) is 6.65. The molecule has 0 radical (unpaired) electrons. The number of ether oxygens (including phenoxy) is 1. The lowest BCUT2D eigenvalue weighted by atomic mass is 9.91. The highest BCUT2D eigenvalue weighted by atomic mass is 32.1. The van der Waals surface area contributed by atoms with Gasteiger partial charge in [-0.15, -0.1) is 11.3 Å². The minimum Gasteiger partial charge on any atom is -0.467 e. The summed E-state index contributed by atoms with van der Waals surface area (Å²) >= 11 is 1.53. The van der Waals surface area contributed by atoms with E-state index < -0.39 is 16.4 Å². The molecule has 0 saturated heterocycles. The van der Waals surface area contributed by atoms with Crippen molar-refractivity contribution in [3.63, 3.8) is 0 Å². The number of nitrogens with one attached hydrogen (secondary N) is 2. The first-order chi connectivity index (χ1) is 14.3. The van der Waals surface area contributed by atoms with Crippen LogP contribution in [0.25, 0.3) is 10.2 Å². The van der Waals surface area contributed by atoms with E-state index in [-0.39, 0.29) is 17.8 Å². The lowest BCUT2D eigenvalue weighted by molar-refractivity contribution is -0.385. The van der Waals surface area contributed by atoms with Crippen molar-refractivity contribution in [3.8, 4) is 0 Å². The van der Waals surface area contributed by atoms with E-state index >= 15 is 0 Å². The lowest BCUT2D eigenvalue weighted by Crippen LogP contribution is -2.47. The number of carbonyl (C=O) groups is 1. The second-order valence-electron chi connectivity index (χ2n) is 7.33. The molecule has 1 unspecified atom stereocenters. The number of H-pyrrole nitrogens is 1. The van der Waals surface area contributed by atoms with Gasteiger partial charge in [0, 0.05) is 17.0 Å². The van der Waals surface area contributed by atoms with E-state index in [1.807, 2.05) is 0 Å². The van der Waals surface area contributed by atoms with Crippen molar-refractivity contribution in [2.24, 2.45) is 0 Å². The van der Waals surface area contributed by atoms with Crippen LogP contribution in [0.2, 0.25) is 0 Å². The number of aromatic nitrogens is 2. The number of carbonyl (C=O) groups excluding carboxylic acids is 1. The van der Waals surface area contributed by atoms with Gasteiger partial charge >= 0.3 is 5.97 Å². The summed E-state index contributed by atoms with van der Waals surface area (Å²) in [6.07, 6.45) is 2.92. The van der Waals surface area contributed by atoms with Gasteiger partial charge in [-0.25, -0.2) is 9.78 Å². The van der Waals surface area contributed by atoms with Gasteiger partial charge in [0.25, 0.3) is 11.2 Å². The fourth-order valence-corrected chi connectivity index (χ4v) is 5.10. The van der Waals surface area contributed by atoms with E-state index in [0.29, 0.717) is 21.6 Å². The van der Waals surface area contributed by atoms with Crippen LogP contribution in [-0.4, -0.2) is 28.0 Å². The number of rotatable bonds is 6. The Morgan fingerprint density at radius 2 is 2.23 bits per heavy atom. The first kappa shape index (κ1) is 20.2. The van der Waals surface area contributed by atoms with Gasteiger partial charge in [0.15, 0.2) is 0 Å². The van der Waals surface area contributed by atoms with Crippen LogP contribution >= 0.6 is 11.3 Å². The van der Waals surface area contributed by atoms with Gasteiger partial charge in [-0.2, -0.15) is 0 Å². The van der Waals surface area contributed by atoms with Crippen molar-refractivity contribution >= 4 is 33.2 Å². The average molecular weight is 428 g/mol. The van der Waals surface area contributed by atoms with Crippen LogP contribution in [0.5, 0.6) is 0 Å². The van der Waals surface area contributed by atoms with Crippen LogP contribution < -0.4 is 10.9 Å². The minimum atomic E-state index is -1.37. The number of methoxy groups -OCH3 is 1. The van der Waals surface area contributed by atoms with Crippen molar-refractivity contribution in [2.45, 2.75) is 38.3 Å². The summed E-state index contributed by atoms with van der Waals surface area (Å²) in [5.74, 6) is -0.227. The summed E-state index contributed by atoms with van der Waals surface area (Å²) in [4.78, 5) is 45.1. The molecule has 1 aliphatic carbocycles. The molecule has 30 heavy (non-hydrogen) atoms. The third kappa shape index (κ3) is 3.37. The number of nitrogens with zero attached hydrogens (tertiary/aromatic N) is 2. The van der Waals surface area contributed by atoms with Crippen molar-refractivity contribution in [2.75, 3.05) is 7.11 Å². The molecule has 2 aromatic heterocycles. The number of esters is 1. The van der Waals surface area contributed by atoms with Gasteiger partial charge in [-0.05, 0) is 37.3 Å². The number of thiophene rings is 1. The lowest BCUT2D eigenvalue weighted by Gasteiger charge is -2.28. The predicted octanol–water partition coefficient (Wildman–Crippen LogP) is 2.56. The maximum Gasteiger partial charge on any atom is 0.330 e. The number of benzene rings is 1. The summed E-state index contributed by atoms with van der Waals surface area (Å²) in [5, 5.41) is 14.9. The molecule has 10 heteroatoms. The van der Waals surface area contributed by atoms with Crippen molar-refractivity contribution in [3.05, 3.63) is 66.6 Å². The van der Waals surface area contributed by atoms with Crippen LogP contribution in [-0.2, 0) is 34.5 Å². The van der Waals surface area contributed by atoms with Gasteiger partial charge < -0.3 is 9.72 Å². The quantitative estimate of drug-likeness (QED) is 0.351. The van der Waals surface area contributed by atoms with Crippen molar-refractivity contribution in [1.29, 1.82) is 0 Å². The molecule has 0 fully saturated rings. The number of hydrogen-bond acceptors (Lipinski definition) is 8. The van der Waals surface area contributed by atoms with E-state index in [4.69, 9.17) is 4.74 Å². The van der Waals surface area contributed by atoms with Crippen LogP contribution in [0.4, 0.5) is 5.69 Å². The molecule has 0 amide bonds. The van der Waals surface area contributed by atoms with Gasteiger partial charge in [-0.1, -0.05) is 12.1 Å². The van der Waals surface area contributed by atoms with E-state index in [1.165, 1.54) is 41.5 Å². The molecule has 3 aromatic rings. The zero-order valence-electron chi connectivity index (χ0n) is 16.5. The minimum absolute atomic E-state index is 0.0715. The number of fused-ring (bicyclic) bond motifs is 3. The number of aromatic amines is 1. The molecule has 0 saturated carbocycles. The molecule has 0 spiro atoms. The Morgan fingerprint density at radius 1 is 1.43 bits per heavy atom. The molecule has 2 heterocycles. The van der Waals surface area contributed by atoms with Crippen LogP contribution in [0, 0.1) is 10.1 Å². The van der Waals surface area contributed by atoms with Gasteiger partial charge in [0.2, 0.25) is 0 Å². The van der Waals surface area contributed by atoms with Crippen LogP contribution in [0.15, 0.2) is 29.1 Å². The highest BCUT2D eigenvalue weighted by Crippen LogP contribution is 2.34. The molecular formula is C20H20N4O5S. The van der Waals surface area contributed by atoms with Crippen molar-refractivity contribution < 1.29 is 14.5 Å². The molecule has 0 aliphatic heterocycles. The number of aryl methyl sites for hydroxylation is 2. The topological polar surface area (TPSA) is 127 Å². The normalized spacial score (nSPS) is 15.0. The van der Waals surface area contributed by atoms with E-state index in [0.717, 1.165) is 24.8 Å². The summed E-state index contributed by atoms with van der Waals surface area (Å²) in [6.45, 7) is 1.65. The molecule has 4 rings (SSSR count). The van der Waals surface area contributed by atoms with E-state index in [1.54, 1.807) is 13.0 Å². The SMILES string of the molecule is COC(=O)C(C)(NCc1nc2sc3c(c2c(=O)[nH]1)CCC3)c1cccc([N+](=O)[O-])c1. The Balaban J connectivity index is 1.67. The standard InChI is InChI=1S/C20H20N4O5S/c1-20(19(26)29-2,11-5-3-6-12(9-11)24(27)28)21-10-15-22-17(25)16-13-7-4-8-14(13)30-18(16)23-15/h3,5-6,9,21H,4,7-8,10H2,1-2H3,(H,22,23,25). The van der Waals surface area contributed by atoms with Gasteiger partial charge in [0.1, 0.15) is 16.2 Å². The van der Waals surface area contributed by atoms with Gasteiger partial charge in [-0.3, -0.25) is 20.2 Å². The molecular weight excluding hydrogens is 408 g/mol. The maximum absolute atomic E-state index is 12.6. The summed E-state index contributed by atoms with van der Waals surface area (Å²) in [7, 11) is 1.25. The Labute approximate surface area is 175 Å². The largest absolute Gasteiger partial charge is 0.467 e. The Hall–Kier alpha value is -3.11. The Bertz CT molecular complexity index is 1220. The Kier molecular flexibility index (Phi) is 5.12. The maximum atomic E-state index is 12.6. The molecule has 9 nitrogen and oxygen atoms in total. The number of non-ortho nitro benzene ring substituents is 1. The molecule has 1 aliphatic rings.